The zero-order valence-corrected chi connectivity index (χ0v) is 11.0. The van der Waals surface area contributed by atoms with Crippen LogP contribution in [0.5, 0.6) is 0 Å². The average molecular weight is 260 g/mol. The SMILES string of the molecule is Cc1cccc2c(=O)c(C#Cc3ccccc3)coc12. The van der Waals surface area contributed by atoms with Crippen LogP contribution in [0.2, 0.25) is 0 Å². The first-order valence-electron chi connectivity index (χ1n) is 6.34. The Morgan fingerprint density at radius 1 is 0.950 bits per heavy atom. The molecular weight excluding hydrogens is 248 g/mol. The van der Waals surface area contributed by atoms with Crippen molar-refractivity contribution in [1.29, 1.82) is 0 Å². The van der Waals surface area contributed by atoms with Gasteiger partial charge in [-0.25, -0.2) is 0 Å². The largest absolute Gasteiger partial charge is 0.462 e. The molecule has 0 atom stereocenters. The predicted octanol–water partition coefficient (Wildman–Crippen LogP) is 3.50. The summed E-state index contributed by atoms with van der Waals surface area (Å²) in [6, 6.07) is 15.1. The standard InChI is InChI=1S/C18H12O2/c1-13-6-5-9-16-17(19)15(12-20-18(13)16)11-10-14-7-3-2-4-8-14/h2-9,12H,1H3. The van der Waals surface area contributed by atoms with Gasteiger partial charge in [0.1, 0.15) is 17.4 Å². The molecule has 0 saturated heterocycles. The van der Waals surface area contributed by atoms with Crippen molar-refractivity contribution in [3.05, 3.63) is 81.7 Å². The van der Waals surface area contributed by atoms with E-state index in [4.69, 9.17) is 4.42 Å². The number of hydrogen-bond acceptors (Lipinski definition) is 2. The summed E-state index contributed by atoms with van der Waals surface area (Å²) in [6.45, 7) is 1.92. The molecule has 0 fully saturated rings. The summed E-state index contributed by atoms with van der Waals surface area (Å²) in [5.74, 6) is 5.86. The fourth-order valence-electron chi connectivity index (χ4n) is 2.05. The molecule has 3 rings (SSSR count). The highest BCUT2D eigenvalue weighted by atomic mass is 16.3. The molecule has 0 unspecified atom stereocenters. The van der Waals surface area contributed by atoms with Crippen LogP contribution in [0.3, 0.4) is 0 Å². The quantitative estimate of drug-likeness (QED) is 0.579. The van der Waals surface area contributed by atoms with Gasteiger partial charge in [0, 0.05) is 5.56 Å². The molecule has 2 heteroatoms. The molecule has 1 aromatic heterocycles. The van der Waals surface area contributed by atoms with Crippen molar-refractivity contribution in [2.24, 2.45) is 0 Å². The molecule has 0 aliphatic heterocycles. The summed E-state index contributed by atoms with van der Waals surface area (Å²) in [5, 5.41) is 0.574. The Kier molecular flexibility index (Phi) is 3.10. The fraction of sp³-hybridized carbons (Fsp3) is 0.0556. The molecule has 0 radical (unpaired) electrons. The molecule has 0 amide bonds. The Morgan fingerprint density at radius 3 is 2.55 bits per heavy atom. The van der Waals surface area contributed by atoms with E-state index < -0.39 is 0 Å². The zero-order valence-electron chi connectivity index (χ0n) is 11.0. The van der Waals surface area contributed by atoms with Crippen LogP contribution in [0.1, 0.15) is 16.7 Å². The van der Waals surface area contributed by atoms with Crippen LogP contribution >= 0.6 is 0 Å². The number of aryl methyl sites for hydroxylation is 1. The lowest BCUT2D eigenvalue weighted by Crippen LogP contribution is -2.05. The molecule has 0 bridgehead atoms. The highest BCUT2D eigenvalue weighted by Crippen LogP contribution is 2.15. The van der Waals surface area contributed by atoms with Crippen molar-refractivity contribution in [3.8, 4) is 11.8 Å². The Balaban J connectivity index is 2.13. The van der Waals surface area contributed by atoms with Gasteiger partial charge in [-0.2, -0.15) is 0 Å². The van der Waals surface area contributed by atoms with E-state index in [0.29, 0.717) is 16.5 Å². The number of para-hydroxylation sites is 1. The molecule has 0 aliphatic carbocycles. The second-order valence-electron chi connectivity index (χ2n) is 4.55. The Labute approximate surface area is 116 Å². The van der Waals surface area contributed by atoms with E-state index in [1.807, 2.05) is 49.4 Å². The van der Waals surface area contributed by atoms with Crippen molar-refractivity contribution in [2.75, 3.05) is 0 Å². The Hall–Kier alpha value is -2.79. The van der Waals surface area contributed by atoms with Gasteiger partial charge >= 0.3 is 0 Å². The number of fused-ring (bicyclic) bond motifs is 1. The van der Waals surface area contributed by atoms with Crippen molar-refractivity contribution >= 4 is 11.0 Å². The second kappa shape index (κ2) is 5.07. The van der Waals surface area contributed by atoms with Crippen LogP contribution in [-0.2, 0) is 0 Å². The summed E-state index contributed by atoms with van der Waals surface area (Å²) < 4.78 is 5.54. The molecule has 0 N–H and O–H groups in total. The minimum atomic E-state index is -0.0848. The maximum atomic E-state index is 12.3. The lowest BCUT2D eigenvalue weighted by molar-refractivity contribution is 0.598. The van der Waals surface area contributed by atoms with Gasteiger partial charge in [-0.05, 0) is 30.7 Å². The van der Waals surface area contributed by atoms with Crippen LogP contribution in [0.25, 0.3) is 11.0 Å². The summed E-state index contributed by atoms with van der Waals surface area (Å²) in [4.78, 5) is 12.3. The minimum Gasteiger partial charge on any atom is -0.462 e. The monoisotopic (exact) mass is 260 g/mol. The Morgan fingerprint density at radius 2 is 1.75 bits per heavy atom. The molecule has 0 aliphatic rings. The zero-order chi connectivity index (χ0) is 13.9. The smallest absolute Gasteiger partial charge is 0.208 e. The predicted molar refractivity (Wildman–Crippen MR) is 79.6 cm³/mol. The first-order valence-corrected chi connectivity index (χ1v) is 6.34. The second-order valence-corrected chi connectivity index (χ2v) is 4.55. The molecule has 96 valence electrons. The van der Waals surface area contributed by atoms with E-state index in [2.05, 4.69) is 11.8 Å². The van der Waals surface area contributed by atoms with Crippen molar-refractivity contribution < 1.29 is 4.42 Å². The highest BCUT2D eigenvalue weighted by Gasteiger charge is 2.06. The van der Waals surface area contributed by atoms with Gasteiger partial charge < -0.3 is 4.42 Å². The van der Waals surface area contributed by atoms with Crippen molar-refractivity contribution in [2.45, 2.75) is 6.92 Å². The molecule has 2 nitrogen and oxygen atoms in total. The highest BCUT2D eigenvalue weighted by molar-refractivity contribution is 5.80. The van der Waals surface area contributed by atoms with Gasteiger partial charge in [0.05, 0.1) is 5.39 Å². The van der Waals surface area contributed by atoms with E-state index in [9.17, 15) is 4.79 Å². The van der Waals surface area contributed by atoms with Crippen LogP contribution in [0.15, 0.2) is 64.0 Å². The third-order valence-electron chi connectivity index (χ3n) is 3.11. The van der Waals surface area contributed by atoms with E-state index >= 15 is 0 Å². The van der Waals surface area contributed by atoms with E-state index in [1.54, 1.807) is 6.07 Å². The average Bonchev–Trinajstić information content (AvgIpc) is 2.48. The maximum Gasteiger partial charge on any atom is 0.208 e. The van der Waals surface area contributed by atoms with E-state index in [0.717, 1.165) is 11.1 Å². The van der Waals surface area contributed by atoms with Crippen LogP contribution in [-0.4, -0.2) is 0 Å². The van der Waals surface area contributed by atoms with E-state index in [1.165, 1.54) is 6.26 Å². The van der Waals surface area contributed by atoms with E-state index in [-0.39, 0.29) is 5.43 Å². The first-order chi connectivity index (χ1) is 9.75. The summed E-state index contributed by atoms with van der Waals surface area (Å²) in [7, 11) is 0. The fourth-order valence-corrected chi connectivity index (χ4v) is 2.05. The lowest BCUT2D eigenvalue weighted by atomic mass is 10.1. The van der Waals surface area contributed by atoms with Gasteiger partial charge in [0.25, 0.3) is 0 Å². The third-order valence-corrected chi connectivity index (χ3v) is 3.11. The van der Waals surface area contributed by atoms with Gasteiger partial charge in [0.15, 0.2) is 0 Å². The molecule has 1 heterocycles. The molecule has 0 saturated carbocycles. The molecule has 20 heavy (non-hydrogen) atoms. The molecule has 2 aromatic carbocycles. The minimum absolute atomic E-state index is 0.0848. The molecule has 0 spiro atoms. The lowest BCUT2D eigenvalue weighted by Gasteiger charge is -2.00. The third kappa shape index (κ3) is 2.22. The van der Waals surface area contributed by atoms with Crippen LogP contribution in [0.4, 0.5) is 0 Å². The summed E-state index contributed by atoms with van der Waals surface area (Å²) in [5.41, 5.74) is 2.74. The number of hydrogen-bond donors (Lipinski definition) is 0. The topological polar surface area (TPSA) is 30.2 Å². The van der Waals surface area contributed by atoms with Crippen molar-refractivity contribution in [3.63, 3.8) is 0 Å². The first kappa shape index (κ1) is 12.3. The summed E-state index contributed by atoms with van der Waals surface area (Å²) in [6.07, 6.45) is 1.44. The van der Waals surface area contributed by atoms with Crippen LogP contribution in [0, 0.1) is 18.8 Å². The molecule has 3 aromatic rings. The van der Waals surface area contributed by atoms with Gasteiger partial charge in [-0.3, -0.25) is 4.79 Å². The summed E-state index contributed by atoms with van der Waals surface area (Å²) >= 11 is 0. The maximum absolute atomic E-state index is 12.3. The van der Waals surface area contributed by atoms with Gasteiger partial charge in [-0.1, -0.05) is 42.2 Å². The van der Waals surface area contributed by atoms with Gasteiger partial charge in [0.2, 0.25) is 5.43 Å². The molecular formula is C18H12O2. The van der Waals surface area contributed by atoms with Crippen LogP contribution < -0.4 is 5.43 Å². The Bertz CT molecular complexity index is 878. The number of rotatable bonds is 0. The number of benzene rings is 2. The van der Waals surface area contributed by atoms with Crippen molar-refractivity contribution in [1.82, 2.24) is 0 Å². The van der Waals surface area contributed by atoms with Gasteiger partial charge in [-0.15, -0.1) is 0 Å². The normalized spacial score (nSPS) is 10.1.